The second-order valence-corrected chi connectivity index (χ2v) is 4.22. The molecule has 98 valence electrons. The third-order valence-electron chi connectivity index (χ3n) is 2.31. The van der Waals surface area contributed by atoms with E-state index in [0.29, 0.717) is 10.6 Å². The van der Waals surface area contributed by atoms with Crippen molar-refractivity contribution in [2.24, 2.45) is 0 Å². The Morgan fingerprint density at radius 2 is 2.22 bits per heavy atom. The van der Waals surface area contributed by atoms with E-state index in [1.165, 1.54) is 25.3 Å². The van der Waals surface area contributed by atoms with Gasteiger partial charge in [0.1, 0.15) is 0 Å². The molecule has 0 atom stereocenters. The number of methoxy groups -OCH3 is 1. The highest BCUT2D eigenvalue weighted by Gasteiger charge is 2.16. The van der Waals surface area contributed by atoms with E-state index in [1.807, 2.05) is 0 Å². The molecule has 0 amide bonds. The Bertz CT molecular complexity index is 464. The van der Waals surface area contributed by atoms with Gasteiger partial charge in [-0.3, -0.25) is 19.8 Å². The second kappa shape index (κ2) is 6.32. The highest BCUT2D eigenvalue weighted by molar-refractivity contribution is 6.30. The Labute approximate surface area is 109 Å². The van der Waals surface area contributed by atoms with Gasteiger partial charge in [-0.1, -0.05) is 11.6 Å². The predicted octanol–water partition coefficient (Wildman–Crippen LogP) is 1.85. The zero-order chi connectivity index (χ0) is 13.7. The standard InChI is InChI=1S/C11H13ClN2O4/c1-13(7-11(15)18-2)6-8-5-9(12)3-4-10(8)14(16)17/h3-5H,6-7H2,1-2H3. The molecule has 0 saturated heterocycles. The molecule has 0 fully saturated rings. The van der Waals surface area contributed by atoms with Gasteiger partial charge in [0.2, 0.25) is 0 Å². The van der Waals surface area contributed by atoms with Crippen LogP contribution in [0.15, 0.2) is 18.2 Å². The molecule has 0 N–H and O–H groups in total. The molecule has 0 aliphatic heterocycles. The van der Waals surface area contributed by atoms with Gasteiger partial charge in [0.25, 0.3) is 5.69 Å². The van der Waals surface area contributed by atoms with Crippen LogP contribution in [-0.2, 0) is 16.1 Å². The summed E-state index contributed by atoms with van der Waals surface area (Å²) >= 11 is 5.81. The maximum absolute atomic E-state index is 11.1. The van der Waals surface area contributed by atoms with E-state index in [2.05, 4.69) is 4.74 Å². The average molecular weight is 273 g/mol. The first-order valence-electron chi connectivity index (χ1n) is 5.12. The van der Waals surface area contributed by atoms with Gasteiger partial charge in [0.15, 0.2) is 0 Å². The van der Waals surface area contributed by atoms with Crippen molar-refractivity contribution in [3.05, 3.63) is 38.9 Å². The summed E-state index contributed by atoms with van der Waals surface area (Å²) in [6, 6.07) is 4.33. The summed E-state index contributed by atoms with van der Waals surface area (Å²) in [5.41, 5.74) is 0.440. The number of nitro groups is 1. The molecule has 0 saturated carbocycles. The van der Waals surface area contributed by atoms with E-state index in [4.69, 9.17) is 11.6 Å². The number of halogens is 1. The molecule has 0 heterocycles. The van der Waals surface area contributed by atoms with Gasteiger partial charge in [0, 0.05) is 23.2 Å². The lowest BCUT2D eigenvalue weighted by Gasteiger charge is -2.15. The third-order valence-corrected chi connectivity index (χ3v) is 2.54. The van der Waals surface area contributed by atoms with Crippen molar-refractivity contribution in [3.8, 4) is 0 Å². The highest BCUT2D eigenvalue weighted by Crippen LogP contribution is 2.23. The van der Waals surface area contributed by atoms with Crippen molar-refractivity contribution < 1.29 is 14.5 Å². The molecule has 0 aliphatic carbocycles. The monoisotopic (exact) mass is 272 g/mol. The Balaban J connectivity index is 2.85. The molecule has 1 rings (SSSR count). The van der Waals surface area contributed by atoms with Gasteiger partial charge in [-0.05, 0) is 19.2 Å². The predicted molar refractivity (Wildman–Crippen MR) is 66.5 cm³/mol. The Kier molecular flexibility index (Phi) is 5.06. The Morgan fingerprint density at radius 3 is 2.78 bits per heavy atom. The van der Waals surface area contributed by atoms with E-state index in [0.717, 1.165) is 0 Å². The Hall–Kier alpha value is -1.66. The van der Waals surface area contributed by atoms with Crippen molar-refractivity contribution >= 4 is 23.3 Å². The molecule has 0 radical (unpaired) electrons. The number of carbonyl (C=O) groups excluding carboxylic acids is 1. The minimum Gasteiger partial charge on any atom is -0.468 e. The molecule has 1 aromatic carbocycles. The minimum atomic E-state index is -0.475. The zero-order valence-electron chi connectivity index (χ0n) is 10.1. The lowest BCUT2D eigenvalue weighted by molar-refractivity contribution is -0.385. The molecule has 0 aliphatic rings. The number of hydrogen-bond acceptors (Lipinski definition) is 5. The van der Waals surface area contributed by atoms with Crippen LogP contribution in [0.2, 0.25) is 5.02 Å². The van der Waals surface area contributed by atoms with Gasteiger partial charge < -0.3 is 4.74 Å². The summed E-state index contributed by atoms with van der Waals surface area (Å²) in [7, 11) is 2.96. The van der Waals surface area contributed by atoms with E-state index < -0.39 is 10.9 Å². The van der Waals surface area contributed by atoms with E-state index >= 15 is 0 Å². The molecule has 0 bridgehead atoms. The molecular formula is C11H13ClN2O4. The number of hydrogen-bond donors (Lipinski definition) is 0. The summed E-state index contributed by atoms with van der Waals surface area (Å²) in [6.45, 7) is 0.298. The van der Waals surface area contributed by atoms with Gasteiger partial charge in [-0.2, -0.15) is 0 Å². The van der Waals surface area contributed by atoms with Crippen molar-refractivity contribution in [2.75, 3.05) is 20.7 Å². The summed E-state index contributed by atoms with van der Waals surface area (Å²) in [4.78, 5) is 23.1. The number of carbonyl (C=O) groups is 1. The summed E-state index contributed by atoms with van der Waals surface area (Å²) in [5.74, 6) is -0.401. The first-order valence-corrected chi connectivity index (χ1v) is 5.50. The fourth-order valence-corrected chi connectivity index (χ4v) is 1.69. The highest BCUT2D eigenvalue weighted by atomic mass is 35.5. The second-order valence-electron chi connectivity index (χ2n) is 3.78. The maximum atomic E-state index is 11.1. The maximum Gasteiger partial charge on any atom is 0.319 e. The summed E-state index contributed by atoms with van der Waals surface area (Å²) in [5, 5.41) is 11.3. The fraction of sp³-hybridized carbons (Fsp3) is 0.364. The molecule has 7 heteroatoms. The van der Waals surface area contributed by atoms with Crippen molar-refractivity contribution in [3.63, 3.8) is 0 Å². The van der Waals surface area contributed by atoms with Crippen LogP contribution in [0, 0.1) is 10.1 Å². The van der Waals surface area contributed by atoms with Crippen molar-refractivity contribution in [2.45, 2.75) is 6.54 Å². The summed E-state index contributed by atoms with van der Waals surface area (Å²) < 4.78 is 4.52. The molecule has 18 heavy (non-hydrogen) atoms. The molecule has 6 nitrogen and oxygen atoms in total. The van der Waals surface area contributed by atoms with Crippen molar-refractivity contribution in [1.29, 1.82) is 0 Å². The van der Waals surface area contributed by atoms with Gasteiger partial charge >= 0.3 is 5.97 Å². The Morgan fingerprint density at radius 1 is 1.56 bits per heavy atom. The van der Waals surface area contributed by atoms with Crippen LogP contribution in [0.4, 0.5) is 5.69 Å². The average Bonchev–Trinajstić information content (AvgIpc) is 2.28. The van der Waals surface area contributed by atoms with E-state index in [1.54, 1.807) is 11.9 Å². The van der Waals surface area contributed by atoms with E-state index in [9.17, 15) is 14.9 Å². The summed E-state index contributed by atoms with van der Waals surface area (Å²) in [6.07, 6.45) is 0. The van der Waals surface area contributed by atoms with Crippen LogP contribution in [0.1, 0.15) is 5.56 Å². The number of benzene rings is 1. The SMILES string of the molecule is COC(=O)CN(C)Cc1cc(Cl)ccc1[N+](=O)[O-]. The van der Waals surface area contributed by atoms with E-state index in [-0.39, 0.29) is 18.8 Å². The number of esters is 1. The lowest BCUT2D eigenvalue weighted by Crippen LogP contribution is -2.26. The van der Waals surface area contributed by atoms with Gasteiger partial charge in [0.05, 0.1) is 18.6 Å². The van der Waals surface area contributed by atoms with Gasteiger partial charge in [-0.25, -0.2) is 0 Å². The van der Waals surface area contributed by atoms with Crippen molar-refractivity contribution in [1.82, 2.24) is 4.90 Å². The molecule has 0 aromatic heterocycles. The molecule has 1 aromatic rings. The first-order chi connectivity index (χ1) is 8.43. The number of nitrogens with zero attached hydrogens (tertiary/aromatic N) is 2. The molecular weight excluding hydrogens is 260 g/mol. The number of rotatable bonds is 5. The van der Waals surface area contributed by atoms with Crippen LogP contribution in [0.3, 0.4) is 0 Å². The first kappa shape index (κ1) is 14.4. The van der Waals surface area contributed by atoms with Crippen LogP contribution >= 0.6 is 11.6 Å². The molecule has 0 unspecified atom stereocenters. The normalized spacial score (nSPS) is 10.4. The largest absolute Gasteiger partial charge is 0.468 e. The smallest absolute Gasteiger partial charge is 0.319 e. The fourth-order valence-electron chi connectivity index (χ4n) is 1.49. The lowest BCUT2D eigenvalue weighted by atomic mass is 10.1. The number of ether oxygens (including phenoxy) is 1. The minimum absolute atomic E-state index is 0.0175. The van der Waals surface area contributed by atoms with Crippen LogP contribution in [-0.4, -0.2) is 36.5 Å². The number of nitro benzene ring substituents is 1. The van der Waals surface area contributed by atoms with Crippen LogP contribution in [0.25, 0.3) is 0 Å². The van der Waals surface area contributed by atoms with Gasteiger partial charge in [-0.15, -0.1) is 0 Å². The van der Waals surface area contributed by atoms with Crippen LogP contribution in [0.5, 0.6) is 0 Å². The quantitative estimate of drug-likeness (QED) is 0.465. The zero-order valence-corrected chi connectivity index (χ0v) is 10.8. The number of likely N-dealkylation sites (N-methyl/N-ethyl adjacent to an activating group) is 1. The third kappa shape index (κ3) is 3.97. The molecule has 0 spiro atoms. The topological polar surface area (TPSA) is 72.7 Å². The van der Waals surface area contributed by atoms with Crippen LogP contribution < -0.4 is 0 Å².